The van der Waals surface area contributed by atoms with E-state index in [1.807, 2.05) is 19.3 Å². The van der Waals surface area contributed by atoms with Gasteiger partial charge in [0.1, 0.15) is 0 Å². The zero-order valence-electron chi connectivity index (χ0n) is 11.3. The summed E-state index contributed by atoms with van der Waals surface area (Å²) in [6, 6.07) is 6.38. The molecule has 20 heavy (non-hydrogen) atoms. The Balaban J connectivity index is 2.49. The average Bonchev–Trinajstić information content (AvgIpc) is 2.72. The van der Waals surface area contributed by atoms with Crippen LogP contribution in [-0.2, 0) is 6.54 Å². The van der Waals surface area contributed by atoms with Crippen LogP contribution >= 0.6 is 47.8 Å². The van der Waals surface area contributed by atoms with Crippen LogP contribution in [0.3, 0.4) is 0 Å². The summed E-state index contributed by atoms with van der Waals surface area (Å²) in [6.07, 6.45) is 2.92. The molecule has 0 saturated heterocycles. The third kappa shape index (κ3) is 3.53. The molecular weight excluding hydrogens is 450 g/mol. The highest BCUT2D eigenvalue weighted by Gasteiger charge is 2.21. The molecule has 1 aromatic heterocycles. The molecule has 0 aliphatic rings. The second-order valence-corrected chi connectivity index (χ2v) is 7.21. The molecule has 0 aliphatic heterocycles. The van der Waals surface area contributed by atoms with Gasteiger partial charge in [0.25, 0.3) is 0 Å². The molecule has 1 aromatic carbocycles. The van der Waals surface area contributed by atoms with Crippen LogP contribution in [0, 0.1) is 0 Å². The molecule has 1 N–H and O–H groups in total. The summed E-state index contributed by atoms with van der Waals surface area (Å²) in [4.78, 5) is 0. The lowest BCUT2D eigenvalue weighted by Crippen LogP contribution is -2.22. The quantitative estimate of drug-likeness (QED) is 0.681. The van der Waals surface area contributed by atoms with Gasteiger partial charge in [0.05, 0.1) is 22.4 Å². The molecule has 1 heterocycles. The van der Waals surface area contributed by atoms with Crippen LogP contribution in [0.2, 0.25) is 0 Å². The van der Waals surface area contributed by atoms with Gasteiger partial charge in [-0.1, -0.05) is 38.8 Å². The molecule has 108 valence electrons. The number of benzene rings is 1. The summed E-state index contributed by atoms with van der Waals surface area (Å²) in [7, 11) is 1.97. The number of hydrogen-bond donors (Lipinski definition) is 1. The van der Waals surface area contributed by atoms with Crippen molar-refractivity contribution in [2.45, 2.75) is 25.9 Å². The molecule has 1 unspecified atom stereocenters. The smallest absolute Gasteiger partial charge is 0.0758 e. The first-order valence-electron chi connectivity index (χ1n) is 6.41. The molecular formula is C14H16Br3N3. The van der Waals surface area contributed by atoms with Gasteiger partial charge in [-0.15, -0.1) is 0 Å². The first-order valence-corrected chi connectivity index (χ1v) is 8.79. The molecule has 0 amide bonds. The number of hydrogen-bond acceptors (Lipinski definition) is 2. The van der Waals surface area contributed by atoms with Crippen molar-refractivity contribution < 1.29 is 0 Å². The topological polar surface area (TPSA) is 29.9 Å². The van der Waals surface area contributed by atoms with Crippen LogP contribution in [-0.4, -0.2) is 16.8 Å². The first kappa shape index (κ1) is 16.2. The van der Waals surface area contributed by atoms with Crippen LogP contribution in [0.1, 0.15) is 30.6 Å². The third-order valence-corrected chi connectivity index (χ3v) is 4.58. The van der Waals surface area contributed by atoms with E-state index in [0.717, 1.165) is 32.1 Å². The van der Waals surface area contributed by atoms with Gasteiger partial charge in [-0.3, -0.25) is 4.68 Å². The Morgan fingerprint density at radius 3 is 2.40 bits per heavy atom. The van der Waals surface area contributed by atoms with E-state index in [1.165, 1.54) is 5.56 Å². The fraction of sp³-hybridized carbons (Fsp3) is 0.357. The Morgan fingerprint density at radius 2 is 1.85 bits per heavy atom. The Kier molecular flexibility index (Phi) is 5.84. The minimum atomic E-state index is 0.0900. The molecule has 0 saturated carbocycles. The van der Waals surface area contributed by atoms with Crippen molar-refractivity contribution in [3.8, 4) is 0 Å². The lowest BCUT2D eigenvalue weighted by atomic mass is 10.0. The van der Waals surface area contributed by atoms with Crippen LogP contribution in [0.5, 0.6) is 0 Å². The number of aryl methyl sites for hydroxylation is 1. The van der Waals surface area contributed by atoms with Crippen LogP contribution in [0.15, 0.2) is 37.8 Å². The van der Waals surface area contributed by atoms with Crippen molar-refractivity contribution in [3.63, 3.8) is 0 Å². The van der Waals surface area contributed by atoms with E-state index >= 15 is 0 Å². The van der Waals surface area contributed by atoms with Gasteiger partial charge in [-0.2, -0.15) is 5.10 Å². The highest BCUT2D eigenvalue weighted by molar-refractivity contribution is 9.11. The minimum absolute atomic E-state index is 0.0900. The molecule has 0 bridgehead atoms. The maximum atomic E-state index is 4.45. The molecule has 1 atom stereocenters. The van der Waals surface area contributed by atoms with Crippen molar-refractivity contribution in [1.29, 1.82) is 0 Å². The summed E-state index contributed by atoms with van der Waals surface area (Å²) in [6.45, 7) is 3.07. The fourth-order valence-corrected chi connectivity index (χ4v) is 4.11. The van der Waals surface area contributed by atoms with Crippen LogP contribution < -0.4 is 5.32 Å². The lowest BCUT2D eigenvalue weighted by molar-refractivity contribution is 0.533. The third-order valence-electron chi connectivity index (χ3n) is 3.05. The van der Waals surface area contributed by atoms with E-state index in [2.05, 4.69) is 81.9 Å². The molecule has 0 aliphatic carbocycles. The van der Waals surface area contributed by atoms with Gasteiger partial charge in [-0.05, 0) is 53.2 Å². The molecule has 0 radical (unpaired) electrons. The van der Waals surface area contributed by atoms with Gasteiger partial charge in [0.15, 0.2) is 0 Å². The summed E-state index contributed by atoms with van der Waals surface area (Å²) in [5.74, 6) is 0. The summed E-state index contributed by atoms with van der Waals surface area (Å²) in [5, 5.41) is 7.83. The predicted octanol–water partition coefficient (Wildman–Crippen LogP) is 4.89. The SMILES string of the molecule is CCCn1ncc(Br)c1C(NC)c1cc(Br)cc(Br)c1. The highest BCUT2D eigenvalue weighted by Crippen LogP contribution is 2.31. The number of halogens is 3. The number of nitrogens with one attached hydrogen (secondary N) is 1. The second kappa shape index (κ2) is 7.20. The van der Waals surface area contributed by atoms with Crippen LogP contribution in [0.4, 0.5) is 0 Å². The van der Waals surface area contributed by atoms with Gasteiger partial charge < -0.3 is 5.32 Å². The maximum Gasteiger partial charge on any atom is 0.0758 e. The zero-order chi connectivity index (χ0) is 14.7. The van der Waals surface area contributed by atoms with Gasteiger partial charge in [0, 0.05) is 15.5 Å². The fourth-order valence-electron chi connectivity index (χ4n) is 2.25. The van der Waals surface area contributed by atoms with Crippen molar-refractivity contribution in [2.75, 3.05) is 7.05 Å². The first-order chi connectivity index (χ1) is 9.56. The van der Waals surface area contributed by atoms with Crippen molar-refractivity contribution >= 4 is 47.8 Å². The van der Waals surface area contributed by atoms with E-state index in [4.69, 9.17) is 0 Å². The molecule has 2 aromatic rings. The van der Waals surface area contributed by atoms with Gasteiger partial charge in [-0.25, -0.2) is 0 Å². The molecule has 2 rings (SSSR count). The Morgan fingerprint density at radius 1 is 1.20 bits per heavy atom. The normalized spacial score (nSPS) is 12.7. The van der Waals surface area contributed by atoms with Gasteiger partial charge in [0.2, 0.25) is 0 Å². The highest BCUT2D eigenvalue weighted by atomic mass is 79.9. The van der Waals surface area contributed by atoms with Crippen molar-refractivity contribution in [3.05, 3.63) is 49.1 Å². The summed E-state index contributed by atoms with van der Waals surface area (Å²) in [5.41, 5.74) is 2.34. The molecule has 0 fully saturated rings. The van der Waals surface area contributed by atoms with E-state index in [-0.39, 0.29) is 6.04 Å². The number of rotatable bonds is 5. The van der Waals surface area contributed by atoms with E-state index in [9.17, 15) is 0 Å². The van der Waals surface area contributed by atoms with Crippen LogP contribution in [0.25, 0.3) is 0 Å². The minimum Gasteiger partial charge on any atom is -0.308 e. The predicted molar refractivity (Wildman–Crippen MR) is 93.0 cm³/mol. The molecule has 0 spiro atoms. The molecule has 3 nitrogen and oxygen atoms in total. The van der Waals surface area contributed by atoms with Crippen molar-refractivity contribution in [2.24, 2.45) is 0 Å². The number of nitrogens with zero attached hydrogens (tertiary/aromatic N) is 2. The van der Waals surface area contributed by atoms with Gasteiger partial charge >= 0.3 is 0 Å². The van der Waals surface area contributed by atoms with Crippen molar-refractivity contribution in [1.82, 2.24) is 15.1 Å². The van der Waals surface area contributed by atoms with E-state index in [0.29, 0.717) is 0 Å². The largest absolute Gasteiger partial charge is 0.308 e. The standard InChI is InChI=1S/C14H16Br3N3/c1-3-4-20-14(12(17)8-19-20)13(18-2)9-5-10(15)7-11(16)6-9/h5-8,13,18H,3-4H2,1-2H3. The Labute approximate surface area is 144 Å². The Hall–Kier alpha value is -0.170. The average molecular weight is 466 g/mol. The van der Waals surface area contributed by atoms with E-state index in [1.54, 1.807) is 0 Å². The second-order valence-electron chi connectivity index (χ2n) is 4.53. The van der Waals surface area contributed by atoms with E-state index < -0.39 is 0 Å². The number of aromatic nitrogens is 2. The maximum absolute atomic E-state index is 4.45. The summed E-state index contributed by atoms with van der Waals surface area (Å²) >= 11 is 10.7. The Bertz CT molecular complexity index is 575. The zero-order valence-corrected chi connectivity index (χ0v) is 16.1. The summed E-state index contributed by atoms with van der Waals surface area (Å²) < 4.78 is 5.20. The monoisotopic (exact) mass is 463 g/mol. The molecule has 6 heteroatoms. The lowest BCUT2D eigenvalue weighted by Gasteiger charge is -2.20.